The highest BCUT2D eigenvalue weighted by molar-refractivity contribution is 5.79. The van der Waals surface area contributed by atoms with E-state index in [0.717, 1.165) is 23.0 Å². The van der Waals surface area contributed by atoms with E-state index < -0.39 is 0 Å². The van der Waals surface area contributed by atoms with E-state index in [0.29, 0.717) is 6.42 Å². The van der Waals surface area contributed by atoms with E-state index in [9.17, 15) is 4.39 Å². The minimum Gasteiger partial charge on any atom is -0.319 e. The van der Waals surface area contributed by atoms with Gasteiger partial charge in [-0.15, -0.1) is 0 Å². The molecule has 4 heteroatoms. The zero-order valence-corrected chi connectivity index (χ0v) is 8.92. The molecule has 0 aliphatic rings. The first-order chi connectivity index (χ1) is 7.22. The molecule has 3 nitrogen and oxygen atoms in total. The Morgan fingerprint density at radius 3 is 3.00 bits per heavy atom. The second kappa shape index (κ2) is 3.98. The molecule has 80 valence electrons. The smallest absolute Gasteiger partial charge is 0.128 e. The molecule has 0 spiro atoms. The van der Waals surface area contributed by atoms with Crippen LogP contribution >= 0.6 is 0 Å². The molecule has 0 unspecified atom stereocenters. The van der Waals surface area contributed by atoms with Gasteiger partial charge in [-0.25, -0.2) is 4.39 Å². The third-order valence-electron chi connectivity index (χ3n) is 2.56. The van der Waals surface area contributed by atoms with E-state index in [1.165, 1.54) is 0 Å². The molecule has 0 aliphatic carbocycles. The van der Waals surface area contributed by atoms with Gasteiger partial charge in [-0.1, -0.05) is 0 Å². The molecule has 0 saturated heterocycles. The van der Waals surface area contributed by atoms with Gasteiger partial charge >= 0.3 is 0 Å². The van der Waals surface area contributed by atoms with Crippen LogP contribution in [-0.4, -0.2) is 23.4 Å². The minimum atomic E-state index is -0.152. The molecule has 1 N–H and O–H groups in total. The van der Waals surface area contributed by atoms with Crippen molar-refractivity contribution in [1.29, 1.82) is 0 Å². The number of hydrogen-bond acceptors (Lipinski definition) is 2. The van der Waals surface area contributed by atoms with Crippen LogP contribution < -0.4 is 5.32 Å². The number of aromatic nitrogens is 2. The standard InChI is InChI=1S/C11H14FN3/c1-13-4-3-8-5-9-7-14-15(2)11(9)6-10(8)12/h5-7,13H,3-4H2,1-2H3. The fourth-order valence-corrected chi connectivity index (χ4v) is 1.67. The third kappa shape index (κ3) is 1.85. The van der Waals surface area contributed by atoms with Crippen molar-refractivity contribution in [1.82, 2.24) is 15.1 Å². The van der Waals surface area contributed by atoms with Gasteiger partial charge in [-0.05, 0) is 31.6 Å². The Kier molecular flexibility index (Phi) is 2.68. The number of aryl methyl sites for hydroxylation is 1. The molecule has 1 aromatic carbocycles. The summed E-state index contributed by atoms with van der Waals surface area (Å²) in [4.78, 5) is 0. The minimum absolute atomic E-state index is 0.152. The van der Waals surface area contributed by atoms with Crippen LogP contribution in [0.25, 0.3) is 10.9 Å². The largest absolute Gasteiger partial charge is 0.319 e. The van der Waals surface area contributed by atoms with E-state index in [1.54, 1.807) is 16.9 Å². The summed E-state index contributed by atoms with van der Waals surface area (Å²) >= 11 is 0. The van der Waals surface area contributed by atoms with Gasteiger partial charge in [0.2, 0.25) is 0 Å². The van der Waals surface area contributed by atoms with Crippen LogP contribution in [0.4, 0.5) is 4.39 Å². The van der Waals surface area contributed by atoms with Crippen LogP contribution in [0.15, 0.2) is 18.3 Å². The zero-order chi connectivity index (χ0) is 10.8. The van der Waals surface area contributed by atoms with Crippen molar-refractivity contribution in [3.05, 3.63) is 29.7 Å². The van der Waals surface area contributed by atoms with Crippen LogP contribution in [0.5, 0.6) is 0 Å². The first-order valence-corrected chi connectivity index (χ1v) is 4.97. The Balaban J connectivity index is 2.44. The molecule has 2 aromatic rings. The summed E-state index contributed by atoms with van der Waals surface area (Å²) in [5, 5.41) is 8.09. The predicted molar refractivity (Wildman–Crippen MR) is 58.3 cm³/mol. The summed E-state index contributed by atoms with van der Waals surface area (Å²) in [6.45, 7) is 0.780. The summed E-state index contributed by atoms with van der Waals surface area (Å²) in [6.07, 6.45) is 2.46. The van der Waals surface area contributed by atoms with Gasteiger partial charge in [-0.2, -0.15) is 5.10 Å². The number of nitrogens with one attached hydrogen (secondary N) is 1. The average Bonchev–Trinajstić information content (AvgIpc) is 2.57. The molecule has 0 aliphatic heterocycles. The lowest BCUT2D eigenvalue weighted by Crippen LogP contribution is -2.11. The Morgan fingerprint density at radius 1 is 1.47 bits per heavy atom. The van der Waals surface area contributed by atoms with Crippen molar-refractivity contribution in [2.75, 3.05) is 13.6 Å². The normalized spacial score (nSPS) is 11.1. The topological polar surface area (TPSA) is 29.9 Å². The average molecular weight is 207 g/mol. The van der Waals surface area contributed by atoms with Gasteiger partial charge < -0.3 is 5.32 Å². The molecule has 0 radical (unpaired) electrons. The van der Waals surface area contributed by atoms with Gasteiger partial charge in [0.1, 0.15) is 5.82 Å². The monoisotopic (exact) mass is 207 g/mol. The van der Waals surface area contributed by atoms with Crippen molar-refractivity contribution in [3.63, 3.8) is 0 Å². The first-order valence-electron chi connectivity index (χ1n) is 4.97. The van der Waals surface area contributed by atoms with Crippen molar-refractivity contribution in [2.24, 2.45) is 7.05 Å². The lowest BCUT2D eigenvalue weighted by atomic mass is 10.1. The molecular formula is C11H14FN3. The van der Waals surface area contributed by atoms with E-state index in [-0.39, 0.29) is 5.82 Å². The van der Waals surface area contributed by atoms with Crippen LogP contribution in [0.1, 0.15) is 5.56 Å². The van der Waals surface area contributed by atoms with E-state index in [2.05, 4.69) is 10.4 Å². The zero-order valence-electron chi connectivity index (χ0n) is 8.92. The molecule has 2 rings (SSSR count). The highest BCUT2D eigenvalue weighted by Gasteiger charge is 2.06. The van der Waals surface area contributed by atoms with Crippen LogP contribution in [0, 0.1) is 5.82 Å². The molecule has 0 fully saturated rings. The fourth-order valence-electron chi connectivity index (χ4n) is 1.67. The number of hydrogen-bond donors (Lipinski definition) is 1. The van der Waals surface area contributed by atoms with Gasteiger partial charge in [-0.3, -0.25) is 4.68 Å². The molecule has 0 atom stereocenters. The molecule has 0 saturated carbocycles. The second-order valence-electron chi connectivity index (χ2n) is 3.62. The SMILES string of the molecule is CNCCc1cc2cnn(C)c2cc1F. The van der Waals surface area contributed by atoms with Crippen LogP contribution in [0.3, 0.4) is 0 Å². The predicted octanol–water partition coefficient (Wildman–Crippen LogP) is 1.47. The van der Waals surface area contributed by atoms with Gasteiger partial charge in [0.25, 0.3) is 0 Å². The molecule has 1 aromatic heterocycles. The van der Waals surface area contributed by atoms with Crippen LogP contribution in [-0.2, 0) is 13.5 Å². The number of nitrogens with zero attached hydrogens (tertiary/aromatic N) is 2. The quantitative estimate of drug-likeness (QED) is 0.826. The maximum absolute atomic E-state index is 13.6. The van der Waals surface area contributed by atoms with Crippen molar-refractivity contribution < 1.29 is 4.39 Å². The van der Waals surface area contributed by atoms with Gasteiger partial charge in [0.15, 0.2) is 0 Å². The highest BCUT2D eigenvalue weighted by atomic mass is 19.1. The van der Waals surface area contributed by atoms with E-state index in [1.807, 2.05) is 20.2 Å². The Labute approximate surface area is 87.9 Å². The number of halogens is 1. The second-order valence-corrected chi connectivity index (χ2v) is 3.62. The van der Waals surface area contributed by atoms with E-state index >= 15 is 0 Å². The Bertz CT molecular complexity index is 476. The molecular weight excluding hydrogens is 193 g/mol. The number of benzene rings is 1. The summed E-state index contributed by atoms with van der Waals surface area (Å²) in [5.74, 6) is -0.152. The van der Waals surface area contributed by atoms with Gasteiger partial charge in [0, 0.05) is 18.5 Å². The van der Waals surface area contributed by atoms with E-state index in [4.69, 9.17) is 0 Å². The fraction of sp³-hybridized carbons (Fsp3) is 0.364. The van der Waals surface area contributed by atoms with Gasteiger partial charge in [0.05, 0.1) is 11.7 Å². The lowest BCUT2D eigenvalue weighted by Gasteiger charge is -2.03. The highest BCUT2D eigenvalue weighted by Crippen LogP contribution is 2.18. The summed E-state index contributed by atoms with van der Waals surface area (Å²) < 4.78 is 15.3. The molecule has 0 amide bonds. The number of likely N-dealkylation sites (N-methyl/N-ethyl adjacent to an activating group) is 1. The lowest BCUT2D eigenvalue weighted by molar-refractivity contribution is 0.605. The van der Waals surface area contributed by atoms with Crippen LogP contribution in [0.2, 0.25) is 0 Å². The summed E-state index contributed by atoms with van der Waals surface area (Å²) in [5.41, 5.74) is 1.57. The maximum Gasteiger partial charge on any atom is 0.128 e. The number of rotatable bonds is 3. The summed E-state index contributed by atoms with van der Waals surface area (Å²) in [7, 11) is 3.68. The maximum atomic E-state index is 13.6. The Hall–Kier alpha value is -1.42. The third-order valence-corrected chi connectivity index (χ3v) is 2.56. The van der Waals surface area contributed by atoms with Crippen molar-refractivity contribution >= 4 is 10.9 Å². The first kappa shape index (κ1) is 10.1. The summed E-state index contributed by atoms with van der Waals surface area (Å²) in [6, 6.07) is 3.42. The molecule has 15 heavy (non-hydrogen) atoms. The Morgan fingerprint density at radius 2 is 2.27 bits per heavy atom. The molecule has 1 heterocycles. The molecule has 0 bridgehead atoms. The number of fused-ring (bicyclic) bond motifs is 1. The van der Waals surface area contributed by atoms with Crippen molar-refractivity contribution in [2.45, 2.75) is 6.42 Å². The van der Waals surface area contributed by atoms with Crippen molar-refractivity contribution in [3.8, 4) is 0 Å².